The molecule has 144 valence electrons. The number of para-hydroxylation sites is 1. The smallest absolute Gasteiger partial charge is 0.331 e. The molecule has 0 saturated heterocycles. The van der Waals surface area contributed by atoms with Crippen LogP contribution in [0, 0.1) is 0 Å². The molecule has 2 atom stereocenters. The zero-order chi connectivity index (χ0) is 19.8. The van der Waals surface area contributed by atoms with Gasteiger partial charge in [-0.1, -0.05) is 85.8 Å². The molecule has 28 heavy (non-hydrogen) atoms. The Morgan fingerprint density at radius 1 is 0.893 bits per heavy atom. The van der Waals surface area contributed by atoms with E-state index in [1.54, 1.807) is 0 Å². The molecule has 0 spiro atoms. The summed E-state index contributed by atoms with van der Waals surface area (Å²) in [5, 5.41) is 17.3. The van der Waals surface area contributed by atoms with Crippen LogP contribution in [0.3, 0.4) is 0 Å². The van der Waals surface area contributed by atoms with E-state index in [2.05, 4.69) is 10.6 Å². The van der Waals surface area contributed by atoms with Gasteiger partial charge in [0.25, 0.3) is 0 Å². The van der Waals surface area contributed by atoms with Crippen molar-refractivity contribution in [3.8, 4) is 0 Å². The predicted molar refractivity (Wildman–Crippen MR) is 113 cm³/mol. The van der Waals surface area contributed by atoms with E-state index in [0.717, 1.165) is 17.7 Å². The van der Waals surface area contributed by atoms with E-state index < -0.39 is 17.6 Å². The Bertz CT molecular complexity index is 869. The maximum absolute atomic E-state index is 12.8. The molecule has 0 amide bonds. The lowest BCUT2D eigenvalue weighted by molar-refractivity contribution is -0.146. The molecule has 2 unspecified atom stereocenters. The fourth-order valence-corrected chi connectivity index (χ4v) is 3.50. The number of hydrogen-bond acceptors (Lipinski definition) is 3. The van der Waals surface area contributed by atoms with Crippen molar-refractivity contribution in [2.24, 2.45) is 0 Å². The maximum Gasteiger partial charge on any atom is 0.331 e. The Hall–Kier alpha value is -3.11. The predicted octanol–water partition coefficient (Wildman–Crippen LogP) is 4.82. The molecule has 0 aliphatic carbocycles. The van der Waals surface area contributed by atoms with Crippen LogP contribution in [-0.2, 0) is 10.3 Å². The van der Waals surface area contributed by atoms with Crippen LogP contribution in [0.25, 0.3) is 0 Å². The number of rotatable bonds is 9. The average molecular weight is 374 g/mol. The van der Waals surface area contributed by atoms with Crippen LogP contribution in [0.4, 0.5) is 5.69 Å². The van der Waals surface area contributed by atoms with E-state index in [0.29, 0.717) is 12.1 Å². The number of hydrogen-bond donors (Lipinski definition) is 3. The van der Waals surface area contributed by atoms with Gasteiger partial charge in [-0.3, -0.25) is 5.32 Å². The summed E-state index contributed by atoms with van der Waals surface area (Å²) in [6.07, 6.45) is 0.828. The zero-order valence-electron chi connectivity index (χ0n) is 16.0. The monoisotopic (exact) mass is 374 g/mol. The third kappa shape index (κ3) is 4.07. The lowest BCUT2D eigenvalue weighted by Gasteiger charge is -2.40. The topological polar surface area (TPSA) is 61.4 Å². The van der Waals surface area contributed by atoms with Crippen LogP contribution >= 0.6 is 0 Å². The number of benzene rings is 3. The van der Waals surface area contributed by atoms with Gasteiger partial charge in [-0.25, -0.2) is 4.79 Å². The van der Waals surface area contributed by atoms with Crippen molar-refractivity contribution in [3.63, 3.8) is 0 Å². The van der Waals surface area contributed by atoms with E-state index in [1.165, 1.54) is 0 Å². The van der Waals surface area contributed by atoms with Crippen LogP contribution in [0.2, 0.25) is 0 Å². The molecule has 3 N–H and O–H groups in total. The van der Waals surface area contributed by atoms with E-state index in [9.17, 15) is 9.90 Å². The van der Waals surface area contributed by atoms with E-state index in [-0.39, 0.29) is 0 Å². The second-order valence-corrected chi connectivity index (χ2v) is 6.76. The van der Waals surface area contributed by atoms with Gasteiger partial charge in [0.1, 0.15) is 0 Å². The van der Waals surface area contributed by atoms with E-state index in [4.69, 9.17) is 0 Å². The lowest BCUT2D eigenvalue weighted by Crippen LogP contribution is -2.56. The highest BCUT2D eigenvalue weighted by molar-refractivity contribution is 5.83. The van der Waals surface area contributed by atoms with Crippen LogP contribution in [0.15, 0.2) is 91.0 Å². The summed E-state index contributed by atoms with van der Waals surface area (Å²) in [4.78, 5) is 12.8. The summed E-state index contributed by atoms with van der Waals surface area (Å²) >= 11 is 0. The summed E-state index contributed by atoms with van der Waals surface area (Å²) in [6, 6.07) is 28.4. The van der Waals surface area contributed by atoms with Crippen LogP contribution in [0.5, 0.6) is 0 Å². The van der Waals surface area contributed by atoms with Crippen LogP contribution in [0.1, 0.15) is 30.5 Å². The van der Waals surface area contributed by atoms with Gasteiger partial charge in [0.05, 0.1) is 6.04 Å². The Morgan fingerprint density at radius 2 is 1.43 bits per heavy atom. The highest BCUT2D eigenvalue weighted by atomic mass is 16.4. The molecular weight excluding hydrogens is 348 g/mol. The van der Waals surface area contributed by atoms with Gasteiger partial charge in [-0.05, 0) is 36.2 Å². The Labute approximate surface area is 166 Å². The summed E-state index contributed by atoms with van der Waals surface area (Å²) in [5.74, 6) is -0.913. The van der Waals surface area contributed by atoms with Crippen molar-refractivity contribution >= 4 is 11.7 Å². The van der Waals surface area contributed by atoms with Gasteiger partial charge >= 0.3 is 5.97 Å². The molecule has 0 bridgehead atoms. The van der Waals surface area contributed by atoms with Gasteiger partial charge in [-0.15, -0.1) is 0 Å². The third-order valence-corrected chi connectivity index (χ3v) is 4.87. The summed E-state index contributed by atoms with van der Waals surface area (Å²) < 4.78 is 0. The van der Waals surface area contributed by atoms with Crippen molar-refractivity contribution in [1.29, 1.82) is 0 Å². The fraction of sp³-hybridized carbons (Fsp3) is 0.208. The Kier molecular flexibility index (Phi) is 6.45. The second-order valence-electron chi connectivity index (χ2n) is 6.76. The number of aliphatic carboxylic acids is 1. The molecule has 3 rings (SSSR count). The minimum atomic E-state index is -1.32. The first kappa shape index (κ1) is 19.6. The summed E-state index contributed by atoms with van der Waals surface area (Å²) in [6.45, 7) is 2.62. The van der Waals surface area contributed by atoms with Crippen molar-refractivity contribution in [3.05, 3.63) is 102 Å². The average Bonchev–Trinajstić information content (AvgIpc) is 2.75. The van der Waals surface area contributed by atoms with Gasteiger partial charge in [0, 0.05) is 5.69 Å². The molecule has 0 heterocycles. The number of nitrogens with one attached hydrogen (secondary N) is 2. The maximum atomic E-state index is 12.8. The molecule has 0 aliphatic heterocycles. The standard InChI is InChI=1S/C24H26N2O2/c1-2-18-25-24(23(27)28,20-14-8-4-9-15-20)22(19-12-6-3-7-13-19)26-21-16-10-5-11-17-21/h3-17,22,25-26H,2,18H2,1H3,(H,27,28). The van der Waals surface area contributed by atoms with Gasteiger partial charge in [0.15, 0.2) is 5.54 Å². The molecule has 0 aliphatic rings. The normalized spacial score (nSPS) is 14.0. The van der Waals surface area contributed by atoms with Crippen LogP contribution in [-0.4, -0.2) is 17.6 Å². The minimum absolute atomic E-state index is 0.512. The number of anilines is 1. The van der Waals surface area contributed by atoms with Crippen LogP contribution < -0.4 is 10.6 Å². The molecule has 0 aromatic heterocycles. The molecule has 0 radical (unpaired) electrons. The quantitative estimate of drug-likeness (QED) is 0.502. The van der Waals surface area contributed by atoms with Gasteiger partial charge in [0.2, 0.25) is 0 Å². The van der Waals surface area contributed by atoms with Gasteiger partial charge < -0.3 is 10.4 Å². The first-order valence-electron chi connectivity index (χ1n) is 9.59. The van der Waals surface area contributed by atoms with Crippen molar-refractivity contribution in [1.82, 2.24) is 5.32 Å². The van der Waals surface area contributed by atoms with Crippen molar-refractivity contribution < 1.29 is 9.90 Å². The molecule has 4 nitrogen and oxygen atoms in total. The lowest BCUT2D eigenvalue weighted by atomic mass is 9.78. The second kappa shape index (κ2) is 9.20. The SMILES string of the molecule is CCCNC(C(=O)O)(c1ccccc1)C(Nc1ccccc1)c1ccccc1. The molecule has 0 saturated carbocycles. The van der Waals surface area contributed by atoms with Crippen molar-refractivity contribution in [2.45, 2.75) is 24.9 Å². The van der Waals surface area contributed by atoms with Gasteiger partial charge in [-0.2, -0.15) is 0 Å². The fourth-order valence-electron chi connectivity index (χ4n) is 3.50. The summed E-state index contributed by atoms with van der Waals surface area (Å²) in [5.41, 5.74) is 1.17. The largest absolute Gasteiger partial charge is 0.480 e. The highest BCUT2D eigenvalue weighted by Gasteiger charge is 2.48. The summed E-state index contributed by atoms with van der Waals surface area (Å²) in [7, 11) is 0. The number of carboxylic acid groups (broad SMARTS) is 1. The molecule has 0 fully saturated rings. The van der Waals surface area contributed by atoms with E-state index >= 15 is 0 Å². The zero-order valence-corrected chi connectivity index (χ0v) is 16.0. The molecule has 3 aromatic carbocycles. The van der Waals surface area contributed by atoms with Crippen molar-refractivity contribution in [2.75, 3.05) is 11.9 Å². The third-order valence-electron chi connectivity index (χ3n) is 4.87. The number of carboxylic acids is 1. The molecule has 4 heteroatoms. The number of carbonyl (C=O) groups is 1. The first-order chi connectivity index (χ1) is 13.7. The molecule has 3 aromatic rings. The first-order valence-corrected chi connectivity index (χ1v) is 9.59. The molecular formula is C24H26N2O2. The Balaban J connectivity index is 2.19. The highest BCUT2D eigenvalue weighted by Crippen LogP contribution is 2.38. The van der Waals surface area contributed by atoms with E-state index in [1.807, 2.05) is 97.9 Å². The minimum Gasteiger partial charge on any atom is -0.480 e. The Morgan fingerprint density at radius 3 is 1.96 bits per heavy atom.